The smallest absolute Gasteiger partial charge is 0.249 e. The Kier molecular flexibility index (Phi) is 4.07. The van der Waals surface area contributed by atoms with Crippen molar-refractivity contribution < 1.29 is 9.59 Å². The topological polar surface area (TPSA) is 60.2 Å². The maximum atomic E-state index is 11.9. The average Bonchev–Trinajstić information content (AvgIpc) is 2.15. The van der Waals surface area contributed by atoms with Crippen LogP contribution in [0.5, 0.6) is 0 Å². The lowest BCUT2D eigenvalue weighted by atomic mass is 9.97. The molecule has 1 amide bonds. The van der Waals surface area contributed by atoms with Crippen molar-refractivity contribution in [1.29, 1.82) is 0 Å². The van der Waals surface area contributed by atoms with Crippen molar-refractivity contribution in [1.82, 2.24) is 0 Å². The highest BCUT2D eigenvalue weighted by molar-refractivity contribution is 6.31. The van der Waals surface area contributed by atoms with E-state index >= 15 is 0 Å². The van der Waals surface area contributed by atoms with Crippen LogP contribution < -0.4 is 5.73 Å². The van der Waals surface area contributed by atoms with Crippen molar-refractivity contribution in [3.63, 3.8) is 0 Å². The van der Waals surface area contributed by atoms with E-state index in [0.29, 0.717) is 17.0 Å². The second kappa shape index (κ2) is 5.12. The van der Waals surface area contributed by atoms with Gasteiger partial charge in [0.1, 0.15) is 0 Å². The first-order valence-electron chi connectivity index (χ1n) is 5.04. The molecule has 1 rings (SSSR count). The molecule has 0 aliphatic rings. The molecule has 0 fully saturated rings. The van der Waals surface area contributed by atoms with Crippen LogP contribution in [0.3, 0.4) is 0 Å². The fourth-order valence-electron chi connectivity index (χ4n) is 1.44. The minimum absolute atomic E-state index is 0.105. The Morgan fingerprint density at radius 3 is 2.44 bits per heavy atom. The fourth-order valence-corrected chi connectivity index (χ4v) is 1.61. The van der Waals surface area contributed by atoms with Gasteiger partial charge in [-0.15, -0.1) is 0 Å². The van der Waals surface area contributed by atoms with Crippen LogP contribution in [-0.4, -0.2) is 11.7 Å². The lowest BCUT2D eigenvalue weighted by molar-refractivity contribution is 0.0947. The molecule has 4 heteroatoms. The van der Waals surface area contributed by atoms with Crippen LogP contribution in [0.25, 0.3) is 0 Å². The van der Waals surface area contributed by atoms with Gasteiger partial charge in [0.15, 0.2) is 5.78 Å². The summed E-state index contributed by atoms with van der Waals surface area (Å²) in [6.07, 6.45) is 0.376. The molecular weight excluding hydrogens is 226 g/mol. The summed E-state index contributed by atoms with van der Waals surface area (Å²) in [4.78, 5) is 23.0. The predicted octanol–water partition coefficient (Wildman–Crippen LogP) is 2.67. The molecule has 2 N–H and O–H groups in total. The van der Waals surface area contributed by atoms with Gasteiger partial charge in [-0.05, 0) is 24.1 Å². The van der Waals surface area contributed by atoms with E-state index in [2.05, 4.69) is 0 Å². The molecule has 1 aromatic carbocycles. The van der Waals surface area contributed by atoms with Crippen molar-refractivity contribution in [2.24, 2.45) is 11.7 Å². The number of nitrogens with two attached hydrogens (primary N) is 1. The number of carbonyl (C=O) groups excluding carboxylic acids is 2. The van der Waals surface area contributed by atoms with Crippen molar-refractivity contribution in [3.8, 4) is 0 Å². The van der Waals surface area contributed by atoms with Gasteiger partial charge in [-0.25, -0.2) is 0 Å². The highest BCUT2D eigenvalue weighted by atomic mass is 35.5. The van der Waals surface area contributed by atoms with Crippen molar-refractivity contribution in [3.05, 3.63) is 34.3 Å². The van der Waals surface area contributed by atoms with E-state index in [1.165, 1.54) is 12.1 Å². The van der Waals surface area contributed by atoms with E-state index in [1.807, 2.05) is 13.8 Å². The summed E-state index contributed by atoms with van der Waals surface area (Å²) in [5.74, 6) is -0.484. The first-order valence-corrected chi connectivity index (χ1v) is 5.42. The molecule has 1 aromatic rings. The lowest BCUT2D eigenvalue weighted by Crippen LogP contribution is -2.17. The average molecular weight is 240 g/mol. The van der Waals surface area contributed by atoms with Gasteiger partial charge in [0.2, 0.25) is 5.91 Å². The Balaban J connectivity index is 3.14. The van der Waals surface area contributed by atoms with Gasteiger partial charge in [-0.3, -0.25) is 9.59 Å². The molecule has 0 spiro atoms. The summed E-state index contributed by atoms with van der Waals surface area (Å²) in [6, 6.07) is 4.53. The number of ketones is 1. The van der Waals surface area contributed by atoms with Crippen LogP contribution in [0.15, 0.2) is 18.2 Å². The van der Waals surface area contributed by atoms with E-state index in [0.717, 1.165) is 0 Å². The molecule has 0 atom stereocenters. The molecule has 0 saturated heterocycles. The molecule has 0 saturated carbocycles. The summed E-state index contributed by atoms with van der Waals surface area (Å²) in [5, 5.41) is 0.428. The molecule has 3 nitrogen and oxygen atoms in total. The second-order valence-electron chi connectivity index (χ2n) is 4.08. The van der Waals surface area contributed by atoms with Gasteiger partial charge in [0.25, 0.3) is 0 Å². The molecule has 0 aliphatic heterocycles. The van der Waals surface area contributed by atoms with E-state index in [1.54, 1.807) is 6.07 Å². The van der Waals surface area contributed by atoms with Crippen LogP contribution >= 0.6 is 11.6 Å². The van der Waals surface area contributed by atoms with Crippen molar-refractivity contribution in [2.75, 3.05) is 0 Å². The second-order valence-corrected chi connectivity index (χ2v) is 4.51. The highest BCUT2D eigenvalue weighted by Crippen LogP contribution is 2.19. The number of primary amides is 1. The van der Waals surface area contributed by atoms with E-state index in [9.17, 15) is 9.59 Å². The largest absolute Gasteiger partial charge is 0.366 e. The standard InChI is InChI=1S/C12H14ClNO2/c1-7(2)5-11(15)10-6-8(13)3-4-9(10)12(14)16/h3-4,6-7H,5H2,1-2H3,(H2,14,16). The van der Waals surface area contributed by atoms with Crippen LogP contribution in [0.1, 0.15) is 41.0 Å². The zero-order valence-corrected chi connectivity index (χ0v) is 10.0. The first-order chi connectivity index (χ1) is 7.41. The van der Waals surface area contributed by atoms with E-state index in [4.69, 9.17) is 17.3 Å². The molecule has 0 heterocycles. The fraction of sp³-hybridized carbons (Fsp3) is 0.333. The number of hydrogen-bond donors (Lipinski definition) is 1. The number of halogens is 1. The van der Waals surface area contributed by atoms with E-state index < -0.39 is 5.91 Å². The number of hydrogen-bond acceptors (Lipinski definition) is 2. The lowest BCUT2D eigenvalue weighted by Gasteiger charge is -2.08. The third-order valence-corrected chi connectivity index (χ3v) is 2.38. The minimum atomic E-state index is -0.608. The summed E-state index contributed by atoms with van der Waals surface area (Å²) in [5.41, 5.74) is 5.74. The summed E-state index contributed by atoms with van der Waals surface area (Å²) < 4.78 is 0. The maximum Gasteiger partial charge on any atom is 0.249 e. The number of amides is 1. The molecule has 0 aliphatic carbocycles. The molecular formula is C12H14ClNO2. The van der Waals surface area contributed by atoms with Gasteiger partial charge in [0, 0.05) is 22.6 Å². The number of carbonyl (C=O) groups is 2. The zero-order valence-electron chi connectivity index (χ0n) is 9.29. The summed E-state index contributed by atoms with van der Waals surface area (Å²) >= 11 is 5.80. The zero-order chi connectivity index (χ0) is 12.3. The highest BCUT2D eigenvalue weighted by Gasteiger charge is 2.16. The van der Waals surface area contributed by atoms with Crippen LogP contribution in [0.2, 0.25) is 5.02 Å². The summed E-state index contributed by atoms with van der Waals surface area (Å²) in [6.45, 7) is 3.87. The maximum absolute atomic E-state index is 11.9. The molecule has 16 heavy (non-hydrogen) atoms. The Morgan fingerprint density at radius 2 is 1.94 bits per heavy atom. The van der Waals surface area contributed by atoms with Crippen molar-refractivity contribution in [2.45, 2.75) is 20.3 Å². The number of benzene rings is 1. The monoisotopic (exact) mass is 239 g/mol. The molecule has 0 aromatic heterocycles. The Bertz CT molecular complexity index is 427. The minimum Gasteiger partial charge on any atom is -0.366 e. The number of rotatable bonds is 4. The quantitative estimate of drug-likeness (QED) is 0.822. The Labute approximate surface area is 99.6 Å². The molecule has 86 valence electrons. The Hall–Kier alpha value is -1.35. The molecule has 0 radical (unpaired) electrons. The first kappa shape index (κ1) is 12.7. The van der Waals surface area contributed by atoms with Gasteiger partial charge < -0.3 is 5.73 Å². The van der Waals surface area contributed by atoms with Gasteiger partial charge in [0.05, 0.1) is 0 Å². The third-order valence-electron chi connectivity index (χ3n) is 2.14. The van der Waals surface area contributed by atoms with Crippen LogP contribution in [0, 0.1) is 5.92 Å². The molecule has 0 bridgehead atoms. The number of Topliss-reactive ketones (excluding diaryl/α,β-unsaturated/α-hetero) is 1. The Morgan fingerprint density at radius 1 is 1.31 bits per heavy atom. The SMILES string of the molecule is CC(C)CC(=O)c1cc(Cl)ccc1C(N)=O. The third kappa shape index (κ3) is 3.07. The normalized spacial score (nSPS) is 10.5. The summed E-state index contributed by atoms with van der Waals surface area (Å²) in [7, 11) is 0. The van der Waals surface area contributed by atoms with Gasteiger partial charge in [-0.1, -0.05) is 25.4 Å². The van der Waals surface area contributed by atoms with Crippen LogP contribution in [-0.2, 0) is 0 Å². The van der Waals surface area contributed by atoms with Crippen molar-refractivity contribution >= 4 is 23.3 Å². The van der Waals surface area contributed by atoms with Gasteiger partial charge in [-0.2, -0.15) is 0 Å². The predicted molar refractivity (Wildman–Crippen MR) is 63.8 cm³/mol. The van der Waals surface area contributed by atoms with Crippen LogP contribution in [0.4, 0.5) is 0 Å². The van der Waals surface area contributed by atoms with Gasteiger partial charge >= 0.3 is 0 Å². The van der Waals surface area contributed by atoms with E-state index in [-0.39, 0.29) is 17.3 Å². The molecule has 0 unspecified atom stereocenters.